The van der Waals surface area contributed by atoms with Crippen molar-refractivity contribution in [1.82, 2.24) is 0 Å². The molecule has 0 spiro atoms. The quantitative estimate of drug-likeness (QED) is 0.229. The molecule has 0 fully saturated rings. The molecule has 0 bridgehead atoms. The maximum atomic E-state index is 2.38. The van der Waals surface area contributed by atoms with E-state index in [1.165, 1.54) is 66.4 Å². The molecule has 0 N–H and O–H groups in total. The minimum Gasteiger partial charge on any atom is -0.0840 e. The van der Waals surface area contributed by atoms with E-state index in [0.717, 1.165) is 6.42 Å². The molecule has 1 atom stereocenters. The van der Waals surface area contributed by atoms with Crippen LogP contribution in [0.2, 0.25) is 0 Å². The van der Waals surface area contributed by atoms with Gasteiger partial charge in [0.1, 0.15) is 0 Å². The standard InChI is InChI=1S/C40H58/c1-31(19-13-21-33(3)25-27-37-35(5)23-15-29-39(37,7)8)17-11-12-18-32(2)20-14-22-34(4)26-28-38-36(6)24-16-30-40(38,9)10/h11-14,17,19-22,25-28,32H,15-16,18,23-24,29-30H2,1-10H3/b12-11+,19-13+,20-14+,27-25+,28-26+,31-17+,33-21+,34-22+. The molecule has 0 nitrogen and oxygen atoms in total. The van der Waals surface area contributed by atoms with Gasteiger partial charge in [-0.1, -0.05) is 141 Å². The van der Waals surface area contributed by atoms with E-state index in [9.17, 15) is 0 Å². The van der Waals surface area contributed by atoms with E-state index >= 15 is 0 Å². The van der Waals surface area contributed by atoms with Gasteiger partial charge in [0.15, 0.2) is 0 Å². The highest BCUT2D eigenvalue weighted by atomic mass is 14.3. The molecule has 0 saturated heterocycles. The first-order valence-corrected chi connectivity index (χ1v) is 15.6. The van der Waals surface area contributed by atoms with Gasteiger partial charge in [-0.15, -0.1) is 0 Å². The van der Waals surface area contributed by atoms with Crippen LogP contribution >= 0.6 is 0 Å². The van der Waals surface area contributed by atoms with Crippen molar-refractivity contribution < 1.29 is 0 Å². The van der Waals surface area contributed by atoms with Crippen LogP contribution in [0.25, 0.3) is 0 Å². The van der Waals surface area contributed by atoms with E-state index in [1.807, 2.05) is 0 Å². The van der Waals surface area contributed by atoms with Gasteiger partial charge in [0.05, 0.1) is 0 Å². The van der Waals surface area contributed by atoms with Crippen LogP contribution in [0.5, 0.6) is 0 Å². The van der Waals surface area contributed by atoms with E-state index in [1.54, 1.807) is 11.1 Å². The highest BCUT2D eigenvalue weighted by Crippen LogP contribution is 2.41. The van der Waals surface area contributed by atoms with Crippen LogP contribution in [-0.2, 0) is 0 Å². The highest BCUT2D eigenvalue weighted by molar-refractivity contribution is 5.38. The van der Waals surface area contributed by atoms with Crippen LogP contribution in [-0.4, -0.2) is 0 Å². The maximum absolute atomic E-state index is 2.38. The summed E-state index contributed by atoms with van der Waals surface area (Å²) >= 11 is 0. The molecule has 0 aromatic rings. The summed E-state index contributed by atoms with van der Waals surface area (Å²) in [6, 6.07) is 0. The number of allylic oxidation sites excluding steroid dienone is 20. The Morgan fingerprint density at radius 2 is 1.12 bits per heavy atom. The van der Waals surface area contributed by atoms with Crippen LogP contribution in [0.4, 0.5) is 0 Å². The van der Waals surface area contributed by atoms with Gasteiger partial charge < -0.3 is 0 Å². The smallest absolute Gasteiger partial charge is 0.0104 e. The van der Waals surface area contributed by atoms with Crippen LogP contribution in [0, 0.1) is 16.7 Å². The average Bonchev–Trinajstić information content (AvgIpc) is 2.85. The Labute approximate surface area is 248 Å². The Kier molecular flexibility index (Phi) is 13.4. The molecule has 2 aliphatic carbocycles. The lowest BCUT2D eigenvalue weighted by Gasteiger charge is -2.33. The van der Waals surface area contributed by atoms with Crippen molar-refractivity contribution >= 4 is 0 Å². The topological polar surface area (TPSA) is 0 Å². The molecule has 0 amide bonds. The normalized spacial score (nSPS) is 22.3. The molecule has 0 heterocycles. The Balaban J connectivity index is 1.82. The van der Waals surface area contributed by atoms with Crippen molar-refractivity contribution in [1.29, 1.82) is 0 Å². The van der Waals surface area contributed by atoms with Gasteiger partial charge in [0, 0.05) is 0 Å². The van der Waals surface area contributed by atoms with Crippen molar-refractivity contribution in [2.24, 2.45) is 16.7 Å². The fourth-order valence-electron chi connectivity index (χ4n) is 5.96. The predicted octanol–water partition coefficient (Wildman–Crippen LogP) is 12.7. The van der Waals surface area contributed by atoms with Gasteiger partial charge in [-0.05, 0) is 107 Å². The summed E-state index contributed by atoms with van der Waals surface area (Å²) in [6.07, 6.45) is 37.9. The minimum absolute atomic E-state index is 0.296. The third-order valence-corrected chi connectivity index (χ3v) is 8.63. The summed E-state index contributed by atoms with van der Waals surface area (Å²) in [5.74, 6) is 0.515. The monoisotopic (exact) mass is 538 g/mol. The molecule has 2 aliphatic rings. The lowest BCUT2D eigenvalue weighted by atomic mass is 9.72. The first-order chi connectivity index (χ1) is 18.8. The molecule has 1 unspecified atom stereocenters. The van der Waals surface area contributed by atoms with E-state index in [4.69, 9.17) is 0 Å². The van der Waals surface area contributed by atoms with Crippen LogP contribution in [0.15, 0.2) is 118 Å². The van der Waals surface area contributed by atoms with E-state index in [0.29, 0.717) is 16.7 Å². The van der Waals surface area contributed by atoms with Crippen LogP contribution < -0.4 is 0 Å². The second-order valence-electron chi connectivity index (χ2n) is 13.6. The lowest BCUT2D eigenvalue weighted by Crippen LogP contribution is -2.19. The zero-order valence-corrected chi connectivity index (χ0v) is 27.5. The Morgan fingerprint density at radius 1 is 0.675 bits per heavy atom. The van der Waals surface area contributed by atoms with Crippen molar-refractivity contribution in [3.63, 3.8) is 0 Å². The second kappa shape index (κ2) is 16.0. The van der Waals surface area contributed by atoms with Crippen molar-refractivity contribution in [2.75, 3.05) is 0 Å². The molecular weight excluding hydrogens is 480 g/mol. The molecule has 0 saturated carbocycles. The van der Waals surface area contributed by atoms with Crippen LogP contribution in [0.1, 0.15) is 114 Å². The fraction of sp³-hybridized carbons (Fsp3) is 0.500. The van der Waals surface area contributed by atoms with E-state index in [2.05, 4.69) is 148 Å². The van der Waals surface area contributed by atoms with E-state index in [-0.39, 0.29) is 0 Å². The van der Waals surface area contributed by atoms with Gasteiger partial charge in [0.2, 0.25) is 0 Å². The first kappa shape index (κ1) is 33.6. The third-order valence-electron chi connectivity index (χ3n) is 8.63. The molecule has 0 radical (unpaired) electrons. The second-order valence-corrected chi connectivity index (χ2v) is 13.6. The summed E-state index contributed by atoms with van der Waals surface area (Å²) in [6.45, 7) is 22.9. The van der Waals surface area contributed by atoms with E-state index < -0.39 is 0 Å². The third kappa shape index (κ3) is 11.5. The average molecular weight is 539 g/mol. The van der Waals surface area contributed by atoms with Gasteiger partial charge in [0.25, 0.3) is 0 Å². The lowest BCUT2D eigenvalue weighted by molar-refractivity contribution is 0.376. The van der Waals surface area contributed by atoms with Gasteiger partial charge in [-0.3, -0.25) is 0 Å². The van der Waals surface area contributed by atoms with Crippen molar-refractivity contribution in [2.45, 2.75) is 114 Å². The van der Waals surface area contributed by atoms with Gasteiger partial charge in [-0.2, -0.15) is 0 Å². The first-order valence-electron chi connectivity index (χ1n) is 15.6. The number of hydrogen-bond donors (Lipinski definition) is 0. The summed E-state index contributed by atoms with van der Waals surface area (Å²) in [7, 11) is 0. The molecule has 40 heavy (non-hydrogen) atoms. The Bertz CT molecular complexity index is 1150. The van der Waals surface area contributed by atoms with Crippen molar-refractivity contribution in [3.8, 4) is 0 Å². The summed E-state index contributed by atoms with van der Waals surface area (Å²) in [5.41, 5.74) is 10.6. The predicted molar refractivity (Wildman–Crippen MR) is 181 cm³/mol. The molecule has 2 rings (SSSR count). The van der Waals surface area contributed by atoms with Gasteiger partial charge >= 0.3 is 0 Å². The zero-order chi connectivity index (χ0) is 29.8. The maximum Gasteiger partial charge on any atom is -0.0104 e. The molecule has 0 heteroatoms. The van der Waals surface area contributed by atoms with Gasteiger partial charge in [-0.25, -0.2) is 0 Å². The number of rotatable bonds is 11. The molecule has 218 valence electrons. The fourth-order valence-corrected chi connectivity index (χ4v) is 5.96. The minimum atomic E-state index is 0.296. The number of hydrogen-bond acceptors (Lipinski definition) is 0. The van der Waals surface area contributed by atoms with Crippen molar-refractivity contribution in [3.05, 3.63) is 118 Å². The Hall–Kier alpha value is -2.60. The highest BCUT2D eigenvalue weighted by Gasteiger charge is 2.27. The molecule has 0 aromatic carbocycles. The Morgan fingerprint density at radius 3 is 1.62 bits per heavy atom. The molecular formula is C40H58. The van der Waals surface area contributed by atoms with Crippen LogP contribution in [0.3, 0.4) is 0 Å². The zero-order valence-electron chi connectivity index (χ0n) is 27.5. The summed E-state index contributed by atoms with van der Waals surface area (Å²) < 4.78 is 0. The molecule has 0 aliphatic heterocycles. The summed E-state index contributed by atoms with van der Waals surface area (Å²) in [5, 5.41) is 0. The largest absolute Gasteiger partial charge is 0.0840 e. The molecule has 0 aromatic heterocycles. The summed E-state index contributed by atoms with van der Waals surface area (Å²) in [4.78, 5) is 0. The SMILES string of the molecule is CC1=C(/C=C/C(C)=C/C=C/C(C)=C/C=C/CC(C)/C=C/C=C(C)/C=C/C2=C(C)CCCC2(C)C)C(C)(C)CCC1.